The minimum atomic E-state index is 0.691. The van der Waals surface area contributed by atoms with Gasteiger partial charge >= 0.3 is 0 Å². The molecule has 0 N–H and O–H groups in total. The van der Waals surface area contributed by atoms with Gasteiger partial charge in [0.1, 0.15) is 10.8 Å². The fourth-order valence-electron chi connectivity index (χ4n) is 3.06. The van der Waals surface area contributed by atoms with Crippen molar-refractivity contribution in [1.82, 2.24) is 19.9 Å². The number of benzene rings is 1. The van der Waals surface area contributed by atoms with E-state index >= 15 is 0 Å². The molecule has 0 atom stereocenters. The van der Waals surface area contributed by atoms with Gasteiger partial charge in [0.2, 0.25) is 0 Å². The monoisotopic (exact) mass is 373 g/mol. The summed E-state index contributed by atoms with van der Waals surface area (Å²) >= 11 is 7.82. The highest BCUT2D eigenvalue weighted by Gasteiger charge is 2.20. The van der Waals surface area contributed by atoms with Gasteiger partial charge in [-0.2, -0.15) is 0 Å². The Kier molecular flexibility index (Phi) is 4.58. The van der Waals surface area contributed by atoms with Gasteiger partial charge in [-0.1, -0.05) is 11.6 Å². The summed E-state index contributed by atoms with van der Waals surface area (Å²) in [6.07, 6.45) is 1.85. The Morgan fingerprint density at radius 1 is 1.08 bits per heavy atom. The van der Waals surface area contributed by atoms with E-state index in [4.69, 9.17) is 16.6 Å². The van der Waals surface area contributed by atoms with Crippen LogP contribution in [0.2, 0.25) is 5.02 Å². The van der Waals surface area contributed by atoms with Crippen LogP contribution in [0.4, 0.5) is 5.82 Å². The molecule has 0 aliphatic carbocycles. The molecule has 5 nitrogen and oxygen atoms in total. The van der Waals surface area contributed by atoms with E-state index < -0.39 is 0 Å². The number of fused-ring (bicyclic) bond motifs is 1. The predicted octanol–water partition coefficient (Wildman–Crippen LogP) is 3.68. The van der Waals surface area contributed by atoms with Gasteiger partial charge in [0.25, 0.3) is 0 Å². The van der Waals surface area contributed by atoms with Crippen LogP contribution in [0.25, 0.3) is 11.0 Å². The maximum absolute atomic E-state index is 6.01. The van der Waals surface area contributed by atoms with Gasteiger partial charge in [-0.3, -0.25) is 9.88 Å². The van der Waals surface area contributed by atoms with Gasteiger partial charge in [0.15, 0.2) is 0 Å². The van der Waals surface area contributed by atoms with Gasteiger partial charge in [-0.25, -0.2) is 9.97 Å². The van der Waals surface area contributed by atoms with Crippen molar-refractivity contribution < 1.29 is 0 Å². The number of anilines is 1. The lowest BCUT2D eigenvalue weighted by Gasteiger charge is -2.34. The van der Waals surface area contributed by atoms with Crippen molar-refractivity contribution in [2.45, 2.75) is 20.4 Å². The number of thiazole rings is 1. The van der Waals surface area contributed by atoms with Crippen molar-refractivity contribution in [2.75, 3.05) is 31.1 Å². The van der Waals surface area contributed by atoms with Crippen LogP contribution in [0, 0.1) is 13.8 Å². The third-order valence-electron chi connectivity index (χ3n) is 4.62. The number of rotatable bonds is 3. The summed E-state index contributed by atoms with van der Waals surface area (Å²) in [5.41, 5.74) is 2.88. The van der Waals surface area contributed by atoms with Crippen LogP contribution in [-0.4, -0.2) is 46.0 Å². The SMILES string of the molecule is Cc1nc(CN2CCN(c3cnc4cc(Cl)ccc4n3)CC2)sc1C. The number of hydrogen-bond donors (Lipinski definition) is 0. The molecule has 7 heteroatoms. The molecule has 3 heterocycles. The molecule has 1 aliphatic rings. The minimum absolute atomic E-state index is 0.691. The molecule has 4 rings (SSSR count). The maximum atomic E-state index is 6.01. The quantitative estimate of drug-likeness (QED) is 0.700. The molecular weight excluding hydrogens is 354 g/mol. The summed E-state index contributed by atoms with van der Waals surface area (Å²) in [7, 11) is 0. The van der Waals surface area contributed by atoms with Crippen molar-refractivity contribution in [1.29, 1.82) is 0 Å². The molecule has 1 aliphatic heterocycles. The van der Waals surface area contributed by atoms with Crippen LogP contribution >= 0.6 is 22.9 Å². The zero-order valence-electron chi connectivity index (χ0n) is 14.4. The third-order valence-corrected chi connectivity index (χ3v) is 5.91. The summed E-state index contributed by atoms with van der Waals surface area (Å²) in [6, 6.07) is 5.64. The Morgan fingerprint density at radius 3 is 2.60 bits per heavy atom. The van der Waals surface area contributed by atoms with Gasteiger partial charge < -0.3 is 4.90 Å². The fraction of sp³-hybridized carbons (Fsp3) is 0.389. The molecule has 3 aromatic rings. The van der Waals surface area contributed by atoms with Gasteiger partial charge in [-0.05, 0) is 32.0 Å². The van der Waals surface area contributed by atoms with E-state index in [0.717, 1.165) is 55.3 Å². The van der Waals surface area contributed by atoms with Gasteiger partial charge in [0, 0.05) is 36.1 Å². The smallest absolute Gasteiger partial charge is 0.147 e. The summed E-state index contributed by atoms with van der Waals surface area (Å²) in [5.74, 6) is 0.940. The number of aryl methyl sites for hydroxylation is 2. The molecule has 0 spiro atoms. The van der Waals surface area contributed by atoms with Crippen LogP contribution in [0.15, 0.2) is 24.4 Å². The lowest BCUT2D eigenvalue weighted by Crippen LogP contribution is -2.46. The summed E-state index contributed by atoms with van der Waals surface area (Å²) < 4.78 is 0. The van der Waals surface area contributed by atoms with Crippen molar-refractivity contribution in [3.63, 3.8) is 0 Å². The molecule has 0 unspecified atom stereocenters. The van der Waals surface area contributed by atoms with Crippen molar-refractivity contribution >= 4 is 39.8 Å². The van der Waals surface area contributed by atoms with Crippen molar-refractivity contribution in [3.8, 4) is 0 Å². The maximum Gasteiger partial charge on any atom is 0.147 e. The molecule has 130 valence electrons. The molecular formula is C18H20ClN5S. The molecule has 0 radical (unpaired) electrons. The average molecular weight is 374 g/mol. The second-order valence-corrected chi connectivity index (χ2v) is 8.10. The highest BCUT2D eigenvalue weighted by molar-refractivity contribution is 7.11. The normalized spacial score (nSPS) is 15.9. The molecule has 1 fully saturated rings. The molecule has 1 aromatic carbocycles. The van der Waals surface area contributed by atoms with E-state index in [0.29, 0.717) is 5.02 Å². The topological polar surface area (TPSA) is 45.2 Å². The van der Waals surface area contributed by atoms with Crippen LogP contribution in [0.5, 0.6) is 0 Å². The largest absolute Gasteiger partial charge is 0.353 e. The zero-order valence-corrected chi connectivity index (χ0v) is 15.9. The highest BCUT2D eigenvalue weighted by atomic mass is 35.5. The Labute approximate surface area is 156 Å². The first kappa shape index (κ1) is 16.7. The average Bonchev–Trinajstić information content (AvgIpc) is 2.92. The first-order valence-corrected chi connectivity index (χ1v) is 9.60. The lowest BCUT2D eigenvalue weighted by atomic mass is 10.3. The van der Waals surface area contributed by atoms with E-state index in [1.165, 1.54) is 9.88 Å². The van der Waals surface area contributed by atoms with Crippen LogP contribution < -0.4 is 4.90 Å². The number of aromatic nitrogens is 3. The van der Waals surface area contributed by atoms with Gasteiger partial charge in [0.05, 0.1) is 29.5 Å². The lowest BCUT2D eigenvalue weighted by molar-refractivity contribution is 0.249. The minimum Gasteiger partial charge on any atom is -0.353 e. The van der Waals surface area contributed by atoms with Gasteiger partial charge in [-0.15, -0.1) is 11.3 Å². The first-order chi connectivity index (χ1) is 12.1. The standard InChI is InChI=1S/C18H20ClN5S/c1-12-13(2)25-18(21-12)11-23-5-7-24(8-6-23)17-10-20-16-9-14(19)3-4-15(16)22-17/h3-4,9-10H,5-8,11H2,1-2H3. The van der Waals surface area contributed by atoms with E-state index in [2.05, 4.69) is 33.6 Å². The van der Waals surface area contributed by atoms with E-state index in [1.54, 1.807) is 0 Å². The second kappa shape index (κ2) is 6.86. The molecule has 25 heavy (non-hydrogen) atoms. The van der Waals surface area contributed by atoms with Crippen LogP contribution in [0.1, 0.15) is 15.6 Å². The highest BCUT2D eigenvalue weighted by Crippen LogP contribution is 2.22. The van der Waals surface area contributed by atoms with Crippen LogP contribution in [0.3, 0.4) is 0 Å². The zero-order chi connectivity index (χ0) is 17.4. The number of piperazine rings is 1. The Bertz CT molecular complexity index is 882. The van der Waals surface area contributed by atoms with E-state index in [9.17, 15) is 0 Å². The molecule has 1 saturated heterocycles. The Hall–Kier alpha value is -1.76. The summed E-state index contributed by atoms with van der Waals surface area (Å²) in [4.78, 5) is 20.0. The first-order valence-electron chi connectivity index (χ1n) is 8.41. The van der Waals surface area contributed by atoms with Crippen LogP contribution in [-0.2, 0) is 6.54 Å². The van der Waals surface area contributed by atoms with Crippen molar-refractivity contribution in [2.24, 2.45) is 0 Å². The molecule has 0 bridgehead atoms. The Morgan fingerprint density at radius 2 is 1.88 bits per heavy atom. The fourth-order valence-corrected chi connectivity index (χ4v) is 4.20. The van der Waals surface area contributed by atoms with E-state index in [1.807, 2.05) is 35.7 Å². The second-order valence-electron chi connectivity index (χ2n) is 6.37. The Balaban J connectivity index is 1.42. The number of halogens is 1. The molecule has 0 amide bonds. The molecule has 0 saturated carbocycles. The third kappa shape index (κ3) is 3.61. The molecule has 2 aromatic heterocycles. The number of hydrogen-bond acceptors (Lipinski definition) is 6. The van der Waals surface area contributed by atoms with E-state index in [-0.39, 0.29) is 0 Å². The van der Waals surface area contributed by atoms with Crippen molar-refractivity contribution in [3.05, 3.63) is 45.0 Å². The number of nitrogens with zero attached hydrogens (tertiary/aromatic N) is 5. The summed E-state index contributed by atoms with van der Waals surface area (Å²) in [6.45, 7) is 9.10. The predicted molar refractivity (Wildman–Crippen MR) is 104 cm³/mol. The summed E-state index contributed by atoms with van der Waals surface area (Å²) in [5, 5.41) is 1.90.